The summed E-state index contributed by atoms with van der Waals surface area (Å²) in [6.07, 6.45) is 1.89. The minimum Gasteiger partial charge on any atom is -0.339 e. The standard InChI is InChI=1S/C25H23ClIN3O2S/c1-4-29(5-2)24(32)21-15(3)28-25-30(22(21)17-9-11-18(26)12-10-17)23(31)20(33-25)14-16-7-6-8-19(27)13-16/h6-14,22H,4-5H2,1-3H3/b20-14+/t22-/m0/s1. The number of rotatable bonds is 5. The average molecular weight is 592 g/mol. The number of halogens is 2. The van der Waals surface area contributed by atoms with Crippen molar-refractivity contribution < 1.29 is 4.79 Å². The molecule has 2 heterocycles. The van der Waals surface area contributed by atoms with E-state index in [4.69, 9.17) is 16.6 Å². The second kappa shape index (κ2) is 9.95. The van der Waals surface area contributed by atoms with Gasteiger partial charge >= 0.3 is 0 Å². The van der Waals surface area contributed by atoms with Crippen LogP contribution in [0.5, 0.6) is 0 Å². The predicted molar refractivity (Wildman–Crippen MR) is 142 cm³/mol. The largest absolute Gasteiger partial charge is 0.339 e. The van der Waals surface area contributed by atoms with Gasteiger partial charge in [-0.1, -0.05) is 47.2 Å². The molecule has 8 heteroatoms. The molecule has 1 amide bonds. The van der Waals surface area contributed by atoms with Crippen LogP contribution in [0, 0.1) is 3.57 Å². The highest BCUT2D eigenvalue weighted by molar-refractivity contribution is 14.1. The summed E-state index contributed by atoms with van der Waals surface area (Å²) in [5.41, 5.74) is 2.77. The van der Waals surface area contributed by atoms with E-state index in [1.54, 1.807) is 21.6 Å². The highest BCUT2D eigenvalue weighted by Gasteiger charge is 2.34. The summed E-state index contributed by atoms with van der Waals surface area (Å²) >= 11 is 9.73. The van der Waals surface area contributed by atoms with Crippen molar-refractivity contribution in [3.05, 3.63) is 99.2 Å². The molecule has 5 nitrogen and oxygen atoms in total. The zero-order valence-corrected chi connectivity index (χ0v) is 22.2. The maximum atomic E-state index is 13.6. The number of amides is 1. The van der Waals surface area contributed by atoms with Crippen LogP contribution < -0.4 is 14.9 Å². The summed E-state index contributed by atoms with van der Waals surface area (Å²) in [4.78, 5) is 34.2. The Morgan fingerprint density at radius 3 is 2.55 bits per heavy atom. The van der Waals surface area contributed by atoms with Crippen molar-refractivity contribution in [1.29, 1.82) is 0 Å². The fourth-order valence-corrected chi connectivity index (χ4v) is 5.72. The van der Waals surface area contributed by atoms with Gasteiger partial charge in [0.1, 0.15) is 0 Å². The van der Waals surface area contributed by atoms with Gasteiger partial charge in [0.25, 0.3) is 11.5 Å². The SMILES string of the molecule is CCN(CC)C(=O)C1=C(C)N=c2s/c(=C/c3cccc(I)c3)c(=O)n2[C@H]1c1ccc(Cl)cc1. The maximum absolute atomic E-state index is 13.6. The van der Waals surface area contributed by atoms with E-state index in [-0.39, 0.29) is 11.5 Å². The van der Waals surface area contributed by atoms with Gasteiger partial charge in [0.05, 0.1) is 21.8 Å². The minimum atomic E-state index is -0.565. The number of thiazole rings is 1. The zero-order valence-electron chi connectivity index (χ0n) is 18.5. The summed E-state index contributed by atoms with van der Waals surface area (Å²) < 4.78 is 3.33. The van der Waals surface area contributed by atoms with Gasteiger partial charge in [-0.25, -0.2) is 4.99 Å². The van der Waals surface area contributed by atoms with E-state index >= 15 is 0 Å². The molecular weight excluding hydrogens is 569 g/mol. The Labute approximate surface area is 214 Å². The number of nitrogens with zero attached hydrogens (tertiary/aromatic N) is 3. The first-order chi connectivity index (χ1) is 15.8. The summed E-state index contributed by atoms with van der Waals surface area (Å²) in [6, 6.07) is 14.7. The molecule has 0 bridgehead atoms. The van der Waals surface area contributed by atoms with Gasteiger partial charge in [0.2, 0.25) is 0 Å². The van der Waals surface area contributed by atoms with Crippen molar-refractivity contribution in [2.45, 2.75) is 26.8 Å². The molecule has 0 saturated heterocycles. The number of benzene rings is 2. The fraction of sp³-hybridized carbons (Fsp3) is 0.240. The summed E-state index contributed by atoms with van der Waals surface area (Å²) in [5.74, 6) is -0.104. The first-order valence-corrected chi connectivity index (χ1v) is 12.9. The number of allylic oxidation sites excluding steroid dienone is 1. The van der Waals surface area contributed by atoms with Crippen LogP contribution in [-0.2, 0) is 4.79 Å². The average Bonchev–Trinajstić information content (AvgIpc) is 3.08. The van der Waals surface area contributed by atoms with Crippen molar-refractivity contribution in [3.63, 3.8) is 0 Å². The second-order valence-electron chi connectivity index (χ2n) is 7.67. The van der Waals surface area contributed by atoms with Crippen LogP contribution in [0.2, 0.25) is 5.02 Å². The number of aromatic nitrogens is 1. The van der Waals surface area contributed by atoms with Gasteiger partial charge < -0.3 is 4.90 Å². The summed E-state index contributed by atoms with van der Waals surface area (Å²) in [7, 11) is 0. The third-order valence-corrected chi connectivity index (χ3v) is 7.54. The second-order valence-corrected chi connectivity index (χ2v) is 10.4. The Morgan fingerprint density at radius 1 is 1.21 bits per heavy atom. The van der Waals surface area contributed by atoms with Gasteiger partial charge in [-0.15, -0.1) is 0 Å². The molecule has 1 aliphatic rings. The van der Waals surface area contributed by atoms with Crippen LogP contribution in [0.25, 0.3) is 6.08 Å². The Kier molecular flexibility index (Phi) is 7.21. The molecule has 33 heavy (non-hydrogen) atoms. The molecule has 0 N–H and O–H groups in total. The van der Waals surface area contributed by atoms with Gasteiger partial charge in [-0.2, -0.15) is 0 Å². The van der Waals surface area contributed by atoms with Crippen LogP contribution in [0.4, 0.5) is 0 Å². The molecule has 1 aromatic heterocycles. The molecule has 170 valence electrons. The Hall–Kier alpha value is -2.23. The highest BCUT2D eigenvalue weighted by Crippen LogP contribution is 2.31. The van der Waals surface area contributed by atoms with E-state index < -0.39 is 6.04 Å². The van der Waals surface area contributed by atoms with E-state index in [2.05, 4.69) is 22.6 Å². The van der Waals surface area contributed by atoms with Gasteiger partial charge in [-0.05, 0) is 84.8 Å². The van der Waals surface area contributed by atoms with Crippen LogP contribution in [-0.4, -0.2) is 28.5 Å². The quantitative estimate of drug-likeness (QED) is 0.414. The summed E-state index contributed by atoms with van der Waals surface area (Å²) in [5, 5.41) is 0.599. The Balaban J connectivity index is 1.96. The smallest absolute Gasteiger partial charge is 0.271 e. The third kappa shape index (κ3) is 4.72. The van der Waals surface area contributed by atoms with E-state index in [1.807, 2.05) is 63.2 Å². The topological polar surface area (TPSA) is 54.7 Å². The van der Waals surface area contributed by atoms with Crippen molar-refractivity contribution >= 4 is 57.5 Å². The monoisotopic (exact) mass is 591 g/mol. The van der Waals surface area contributed by atoms with Gasteiger partial charge in [0.15, 0.2) is 4.80 Å². The highest BCUT2D eigenvalue weighted by atomic mass is 127. The van der Waals surface area contributed by atoms with Crippen LogP contribution in [0.15, 0.2) is 69.6 Å². The number of hydrogen-bond acceptors (Lipinski definition) is 4. The molecule has 2 aromatic carbocycles. The van der Waals surface area contributed by atoms with Crippen molar-refractivity contribution in [2.75, 3.05) is 13.1 Å². The lowest BCUT2D eigenvalue weighted by Crippen LogP contribution is -2.43. The number of fused-ring (bicyclic) bond motifs is 1. The van der Waals surface area contributed by atoms with Crippen LogP contribution in [0.1, 0.15) is 37.9 Å². The third-order valence-electron chi connectivity index (χ3n) is 5.63. The Bertz CT molecular complexity index is 1420. The first-order valence-electron chi connectivity index (χ1n) is 10.7. The van der Waals surface area contributed by atoms with E-state index in [1.165, 1.54) is 11.3 Å². The molecule has 1 atom stereocenters. The molecule has 0 saturated carbocycles. The molecule has 1 aliphatic heterocycles. The molecule has 4 rings (SSSR count). The van der Waals surface area contributed by atoms with E-state index in [9.17, 15) is 9.59 Å². The lowest BCUT2D eigenvalue weighted by Gasteiger charge is -2.29. The zero-order chi connectivity index (χ0) is 23.7. The molecule has 0 aliphatic carbocycles. The molecule has 0 radical (unpaired) electrons. The molecule has 0 fully saturated rings. The van der Waals surface area contributed by atoms with E-state index in [0.29, 0.717) is 38.7 Å². The van der Waals surface area contributed by atoms with Crippen molar-refractivity contribution in [2.24, 2.45) is 4.99 Å². The molecule has 0 spiro atoms. The van der Waals surface area contributed by atoms with Crippen LogP contribution in [0.3, 0.4) is 0 Å². The summed E-state index contributed by atoms with van der Waals surface area (Å²) in [6.45, 7) is 6.90. The normalized spacial score (nSPS) is 15.9. The predicted octanol–water partition coefficient (Wildman–Crippen LogP) is 4.36. The number of hydrogen-bond donors (Lipinski definition) is 0. The van der Waals surface area contributed by atoms with Gasteiger partial charge in [-0.3, -0.25) is 14.2 Å². The lowest BCUT2D eigenvalue weighted by molar-refractivity contribution is -0.127. The van der Waals surface area contributed by atoms with E-state index in [0.717, 1.165) is 14.7 Å². The molecule has 0 unspecified atom stereocenters. The minimum absolute atomic E-state index is 0.104. The Morgan fingerprint density at radius 2 is 1.91 bits per heavy atom. The first kappa shape index (κ1) is 23.9. The molecule has 3 aromatic rings. The lowest BCUT2D eigenvalue weighted by atomic mass is 9.94. The van der Waals surface area contributed by atoms with Crippen molar-refractivity contribution in [1.82, 2.24) is 9.47 Å². The fourth-order valence-electron chi connectivity index (χ4n) is 3.98. The number of likely N-dealkylation sites (N-methyl/N-ethyl adjacent to an activating group) is 1. The molecular formula is C25H23ClIN3O2S. The van der Waals surface area contributed by atoms with Gasteiger partial charge in [0, 0.05) is 21.7 Å². The van der Waals surface area contributed by atoms with Crippen LogP contribution >= 0.6 is 45.5 Å². The maximum Gasteiger partial charge on any atom is 0.271 e. The number of carbonyl (C=O) groups excluding carboxylic acids is 1. The number of carbonyl (C=O) groups is 1. The van der Waals surface area contributed by atoms with Crippen molar-refractivity contribution in [3.8, 4) is 0 Å².